The quantitative estimate of drug-likeness (QED) is 0.808. The van der Waals surface area contributed by atoms with Gasteiger partial charge in [-0.3, -0.25) is 4.79 Å². The average molecular weight is 307 g/mol. The van der Waals surface area contributed by atoms with Gasteiger partial charge in [0.25, 0.3) is 5.56 Å². The minimum absolute atomic E-state index is 0.102. The first-order valence-corrected chi connectivity index (χ1v) is 8.12. The standard InChI is InChI=1S/C19H21N3O/c1-21(2)11-12-22-17-9-7-14-13-5-3-4-6-16(13)20-19(14)15(17)8-10-18(22)23/h3-6,8,10,20H,7,9,11-12H2,1-2H3. The fourth-order valence-corrected chi connectivity index (χ4v) is 3.59. The number of H-pyrrole nitrogens is 1. The van der Waals surface area contributed by atoms with E-state index in [1.807, 2.05) is 24.7 Å². The lowest BCUT2D eigenvalue weighted by atomic mass is 9.92. The zero-order chi connectivity index (χ0) is 16.0. The van der Waals surface area contributed by atoms with E-state index in [1.165, 1.54) is 33.4 Å². The van der Waals surface area contributed by atoms with Crippen molar-refractivity contribution in [1.29, 1.82) is 0 Å². The van der Waals surface area contributed by atoms with Crippen molar-refractivity contribution < 1.29 is 0 Å². The van der Waals surface area contributed by atoms with E-state index in [0.717, 1.165) is 25.9 Å². The number of para-hydroxylation sites is 1. The van der Waals surface area contributed by atoms with E-state index in [1.54, 1.807) is 6.07 Å². The molecular weight excluding hydrogens is 286 g/mol. The Morgan fingerprint density at radius 2 is 1.96 bits per heavy atom. The van der Waals surface area contributed by atoms with Crippen LogP contribution in [0, 0.1) is 0 Å². The zero-order valence-corrected chi connectivity index (χ0v) is 13.6. The van der Waals surface area contributed by atoms with Crippen molar-refractivity contribution >= 4 is 10.9 Å². The summed E-state index contributed by atoms with van der Waals surface area (Å²) in [6.45, 7) is 1.61. The second-order valence-electron chi connectivity index (χ2n) is 6.51. The number of pyridine rings is 1. The molecule has 0 saturated heterocycles. The van der Waals surface area contributed by atoms with Gasteiger partial charge in [0.05, 0.1) is 5.69 Å². The van der Waals surface area contributed by atoms with Crippen LogP contribution in [0.4, 0.5) is 0 Å². The molecule has 1 N–H and O–H groups in total. The topological polar surface area (TPSA) is 41.0 Å². The molecule has 3 aromatic rings. The van der Waals surface area contributed by atoms with Crippen LogP contribution in [0.2, 0.25) is 0 Å². The van der Waals surface area contributed by atoms with Gasteiger partial charge < -0.3 is 14.5 Å². The lowest BCUT2D eigenvalue weighted by Crippen LogP contribution is -2.30. The molecule has 2 heterocycles. The van der Waals surface area contributed by atoms with E-state index in [2.05, 4.69) is 34.1 Å². The summed E-state index contributed by atoms with van der Waals surface area (Å²) in [6, 6.07) is 12.1. The van der Waals surface area contributed by atoms with Crippen LogP contribution in [-0.4, -0.2) is 35.1 Å². The van der Waals surface area contributed by atoms with Gasteiger partial charge >= 0.3 is 0 Å². The number of aromatic nitrogens is 2. The van der Waals surface area contributed by atoms with Crippen molar-refractivity contribution in [3.63, 3.8) is 0 Å². The zero-order valence-electron chi connectivity index (χ0n) is 13.6. The van der Waals surface area contributed by atoms with Crippen molar-refractivity contribution in [2.24, 2.45) is 0 Å². The SMILES string of the molecule is CN(C)CCn1c2c(ccc1=O)-c1[nH]c3ccccc3c1CC2. The largest absolute Gasteiger partial charge is 0.354 e. The Labute approximate surface area is 135 Å². The Kier molecular flexibility index (Phi) is 3.34. The van der Waals surface area contributed by atoms with Gasteiger partial charge in [0.1, 0.15) is 0 Å². The van der Waals surface area contributed by atoms with Crippen LogP contribution < -0.4 is 5.56 Å². The summed E-state index contributed by atoms with van der Waals surface area (Å²) in [5, 5.41) is 1.30. The predicted octanol–water partition coefficient (Wildman–Crippen LogP) is 2.66. The number of benzene rings is 1. The smallest absolute Gasteiger partial charge is 0.250 e. The fraction of sp³-hybridized carbons (Fsp3) is 0.316. The Morgan fingerprint density at radius 3 is 2.78 bits per heavy atom. The van der Waals surface area contributed by atoms with Crippen LogP contribution in [0.25, 0.3) is 22.2 Å². The molecule has 118 valence electrons. The van der Waals surface area contributed by atoms with Crippen molar-refractivity contribution in [1.82, 2.24) is 14.5 Å². The molecule has 0 saturated carbocycles. The third-order valence-electron chi connectivity index (χ3n) is 4.76. The van der Waals surface area contributed by atoms with Gasteiger partial charge in [0.2, 0.25) is 0 Å². The van der Waals surface area contributed by atoms with E-state index in [0.29, 0.717) is 0 Å². The average Bonchev–Trinajstić information content (AvgIpc) is 2.92. The Morgan fingerprint density at radius 1 is 1.13 bits per heavy atom. The molecule has 0 atom stereocenters. The highest BCUT2D eigenvalue weighted by Gasteiger charge is 2.23. The molecule has 23 heavy (non-hydrogen) atoms. The highest BCUT2D eigenvalue weighted by molar-refractivity contribution is 5.92. The van der Waals surface area contributed by atoms with E-state index in [9.17, 15) is 4.79 Å². The second kappa shape index (κ2) is 5.39. The molecule has 1 aliphatic carbocycles. The molecule has 0 amide bonds. The van der Waals surface area contributed by atoms with Crippen LogP contribution in [-0.2, 0) is 19.4 Å². The van der Waals surface area contributed by atoms with Gasteiger partial charge in [-0.25, -0.2) is 0 Å². The minimum Gasteiger partial charge on any atom is -0.354 e. The number of rotatable bonds is 3. The molecule has 0 bridgehead atoms. The van der Waals surface area contributed by atoms with Crippen LogP contribution in [0.5, 0.6) is 0 Å². The summed E-state index contributed by atoms with van der Waals surface area (Å²) in [4.78, 5) is 18.0. The van der Waals surface area contributed by atoms with Gasteiger partial charge in [0.15, 0.2) is 0 Å². The van der Waals surface area contributed by atoms with Gasteiger partial charge in [0, 0.05) is 41.3 Å². The molecule has 0 spiro atoms. The summed E-state index contributed by atoms with van der Waals surface area (Å²) >= 11 is 0. The minimum atomic E-state index is 0.102. The number of likely N-dealkylation sites (N-methyl/N-ethyl adjacent to an activating group) is 1. The van der Waals surface area contributed by atoms with E-state index in [4.69, 9.17) is 0 Å². The Balaban J connectivity index is 1.88. The van der Waals surface area contributed by atoms with Crippen LogP contribution in [0.15, 0.2) is 41.2 Å². The lowest BCUT2D eigenvalue weighted by Gasteiger charge is -2.22. The molecule has 2 aromatic heterocycles. The van der Waals surface area contributed by atoms with Gasteiger partial charge in [-0.05, 0) is 44.6 Å². The summed E-state index contributed by atoms with van der Waals surface area (Å²) < 4.78 is 1.95. The number of fused-ring (bicyclic) bond motifs is 5. The monoisotopic (exact) mass is 307 g/mol. The first kappa shape index (κ1) is 14.3. The number of hydrogen-bond acceptors (Lipinski definition) is 2. The third kappa shape index (κ3) is 2.30. The normalized spacial score (nSPS) is 13.3. The molecule has 0 aliphatic heterocycles. The maximum absolute atomic E-state index is 12.3. The van der Waals surface area contributed by atoms with E-state index < -0.39 is 0 Å². The second-order valence-corrected chi connectivity index (χ2v) is 6.51. The van der Waals surface area contributed by atoms with Crippen molar-refractivity contribution in [3.05, 3.63) is 58.0 Å². The number of nitrogens with zero attached hydrogens (tertiary/aromatic N) is 2. The van der Waals surface area contributed by atoms with Crippen molar-refractivity contribution in [3.8, 4) is 11.3 Å². The molecular formula is C19H21N3O. The summed E-state index contributed by atoms with van der Waals surface area (Å²) in [5.74, 6) is 0. The highest BCUT2D eigenvalue weighted by Crippen LogP contribution is 2.36. The van der Waals surface area contributed by atoms with E-state index in [-0.39, 0.29) is 5.56 Å². The van der Waals surface area contributed by atoms with Gasteiger partial charge in [-0.1, -0.05) is 18.2 Å². The Hall–Kier alpha value is -2.33. The summed E-state index contributed by atoms with van der Waals surface area (Å²) in [6.07, 6.45) is 1.91. The third-order valence-corrected chi connectivity index (χ3v) is 4.76. The molecule has 0 fully saturated rings. The van der Waals surface area contributed by atoms with Gasteiger partial charge in [-0.2, -0.15) is 0 Å². The number of aryl methyl sites for hydroxylation is 1. The van der Waals surface area contributed by atoms with Crippen LogP contribution in [0.3, 0.4) is 0 Å². The molecule has 0 radical (unpaired) electrons. The lowest BCUT2D eigenvalue weighted by molar-refractivity contribution is 0.377. The molecule has 1 aromatic carbocycles. The maximum atomic E-state index is 12.3. The van der Waals surface area contributed by atoms with Crippen molar-refractivity contribution in [2.45, 2.75) is 19.4 Å². The predicted molar refractivity (Wildman–Crippen MR) is 94.0 cm³/mol. The number of hydrogen-bond donors (Lipinski definition) is 1. The van der Waals surface area contributed by atoms with Crippen LogP contribution >= 0.6 is 0 Å². The first-order valence-electron chi connectivity index (χ1n) is 8.12. The summed E-state index contributed by atoms with van der Waals surface area (Å²) in [5.41, 5.74) is 6.19. The molecule has 4 nitrogen and oxygen atoms in total. The molecule has 0 unspecified atom stereocenters. The van der Waals surface area contributed by atoms with Crippen molar-refractivity contribution in [2.75, 3.05) is 20.6 Å². The molecule has 4 heteroatoms. The highest BCUT2D eigenvalue weighted by atomic mass is 16.1. The Bertz CT molecular complexity index is 933. The number of nitrogens with one attached hydrogen (secondary N) is 1. The maximum Gasteiger partial charge on any atom is 0.250 e. The molecule has 1 aliphatic rings. The number of aromatic amines is 1. The first-order chi connectivity index (χ1) is 11.1. The summed E-state index contributed by atoms with van der Waals surface area (Å²) in [7, 11) is 4.08. The van der Waals surface area contributed by atoms with Crippen LogP contribution in [0.1, 0.15) is 11.3 Å². The fourth-order valence-electron chi connectivity index (χ4n) is 3.59. The van der Waals surface area contributed by atoms with Gasteiger partial charge in [-0.15, -0.1) is 0 Å². The van der Waals surface area contributed by atoms with E-state index >= 15 is 0 Å². The molecule has 4 rings (SSSR count).